The number of hydrogen-bond acceptors (Lipinski definition) is 0. The van der Waals surface area contributed by atoms with Gasteiger partial charge in [-0.1, -0.05) is 0 Å². The quantitative estimate of drug-likeness (QED) is 0.340. The normalized spacial score (nSPS) is 7.68. The minimum Gasteiger partial charge on any atom is -0.184 e. The Morgan fingerprint density at radius 2 is 0.400 bits per heavy atom. The SMILES string of the molecule is [Cr+4].[c-]1ccccc1.[c-]1ccccc1.[c-]1ccccc1.[c-]1ccccc1. The summed E-state index contributed by atoms with van der Waals surface area (Å²) in [4.78, 5) is 0. The van der Waals surface area contributed by atoms with Crippen molar-refractivity contribution >= 4 is 0 Å². The molecule has 1 heteroatoms. The first-order chi connectivity index (χ1) is 12.0. The van der Waals surface area contributed by atoms with Gasteiger partial charge in [0.1, 0.15) is 0 Å². The molecule has 4 rings (SSSR count). The van der Waals surface area contributed by atoms with Crippen LogP contribution in [0.2, 0.25) is 0 Å². The molecule has 0 aliphatic carbocycles. The van der Waals surface area contributed by atoms with Gasteiger partial charge in [0, 0.05) is 0 Å². The van der Waals surface area contributed by atoms with E-state index in [9.17, 15) is 0 Å². The van der Waals surface area contributed by atoms with E-state index >= 15 is 0 Å². The first-order valence-corrected chi connectivity index (χ1v) is 7.64. The Kier molecular flexibility index (Phi) is 17.4. The Morgan fingerprint density at radius 1 is 0.240 bits per heavy atom. The average Bonchev–Trinajstić information content (AvgIpc) is 2.75. The molecule has 0 aliphatic rings. The third-order valence-corrected chi connectivity index (χ3v) is 2.43. The van der Waals surface area contributed by atoms with Crippen LogP contribution >= 0.6 is 0 Å². The molecule has 0 saturated heterocycles. The summed E-state index contributed by atoms with van der Waals surface area (Å²) in [5.74, 6) is 0. The van der Waals surface area contributed by atoms with Crippen molar-refractivity contribution in [3.8, 4) is 0 Å². The first kappa shape index (κ1) is 22.4. The minimum absolute atomic E-state index is 0. The molecule has 0 aromatic heterocycles. The molecule has 0 bridgehead atoms. The first-order valence-electron chi connectivity index (χ1n) is 7.64. The fourth-order valence-corrected chi connectivity index (χ4v) is 1.37. The molecule has 0 atom stereocenters. The second kappa shape index (κ2) is 19.5. The predicted molar refractivity (Wildman–Crippen MR) is 101 cm³/mol. The van der Waals surface area contributed by atoms with E-state index in [1.54, 1.807) is 0 Å². The van der Waals surface area contributed by atoms with Gasteiger partial charge in [0.25, 0.3) is 0 Å². The summed E-state index contributed by atoms with van der Waals surface area (Å²) in [6.07, 6.45) is 0. The molecule has 0 amide bonds. The number of rotatable bonds is 0. The third-order valence-electron chi connectivity index (χ3n) is 2.43. The monoisotopic (exact) mass is 360 g/mol. The molecule has 4 aromatic carbocycles. The molecule has 25 heavy (non-hydrogen) atoms. The summed E-state index contributed by atoms with van der Waals surface area (Å²) in [5, 5.41) is 0. The van der Waals surface area contributed by atoms with E-state index in [2.05, 4.69) is 24.3 Å². The van der Waals surface area contributed by atoms with Crippen molar-refractivity contribution in [1.29, 1.82) is 0 Å². The summed E-state index contributed by atoms with van der Waals surface area (Å²) >= 11 is 0. The van der Waals surface area contributed by atoms with Crippen LogP contribution in [0.15, 0.2) is 121 Å². The van der Waals surface area contributed by atoms with E-state index in [1.165, 1.54) is 0 Å². The van der Waals surface area contributed by atoms with Crippen LogP contribution in [-0.4, -0.2) is 0 Å². The van der Waals surface area contributed by atoms with Gasteiger partial charge in [0.2, 0.25) is 0 Å². The van der Waals surface area contributed by atoms with E-state index in [1.807, 2.05) is 121 Å². The van der Waals surface area contributed by atoms with E-state index in [0.29, 0.717) is 0 Å². The van der Waals surface area contributed by atoms with Gasteiger partial charge in [-0.3, -0.25) is 0 Å². The van der Waals surface area contributed by atoms with Crippen molar-refractivity contribution in [2.45, 2.75) is 0 Å². The van der Waals surface area contributed by atoms with E-state index in [0.717, 1.165) is 0 Å². The van der Waals surface area contributed by atoms with Crippen molar-refractivity contribution in [3.05, 3.63) is 146 Å². The molecule has 0 heterocycles. The summed E-state index contributed by atoms with van der Waals surface area (Å²) in [6.45, 7) is 0. The molecule has 4 aromatic rings. The van der Waals surface area contributed by atoms with E-state index < -0.39 is 0 Å². The fraction of sp³-hybridized carbons (Fsp3) is 0. The summed E-state index contributed by atoms with van der Waals surface area (Å²) in [5.41, 5.74) is 0. The molecule has 0 nitrogen and oxygen atoms in total. The molecule has 0 spiro atoms. The van der Waals surface area contributed by atoms with Gasteiger partial charge in [0.05, 0.1) is 0 Å². The molecule has 0 N–H and O–H groups in total. The molecular weight excluding hydrogens is 340 g/mol. The van der Waals surface area contributed by atoms with Crippen molar-refractivity contribution in [2.24, 2.45) is 0 Å². The van der Waals surface area contributed by atoms with Crippen LogP contribution in [0.5, 0.6) is 0 Å². The van der Waals surface area contributed by atoms with Crippen LogP contribution < -0.4 is 0 Å². The zero-order chi connectivity index (χ0) is 17.0. The molecule has 0 saturated carbocycles. The maximum atomic E-state index is 2.89. The van der Waals surface area contributed by atoms with Gasteiger partial charge in [-0.2, -0.15) is 146 Å². The van der Waals surface area contributed by atoms with Gasteiger partial charge in [-0.05, 0) is 0 Å². The molecule has 122 valence electrons. The van der Waals surface area contributed by atoms with Crippen LogP contribution in [-0.2, 0) is 17.4 Å². The average molecular weight is 360 g/mol. The third kappa shape index (κ3) is 17.6. The number of hydrogen-bond donors (Lipinski definition) is 0. The maximum Gasteiger partial charge on any atom is 4.00 e. The minimum atomic E-state index is 0. The summed E-state index contributed by atoms with van der Waals surface area (Å²) in [7, 11) is 0. The van der Waals surface area contributed by atoms with Crippen LogP contribution in [0.4, 0.5) is 0 Å². The summed E-state index contributed by atoms with van der Waals surface area (Å²) in [6, 6.07) is 50.0. The van der Waals surface area contributed by atoms with Crippen molar-refractivity contribution in [3.63, 3.8) is 0 Å². The summed E-state index contributed by atoms with van der Waals surface area (Å²) < 4.78 is 0. The molecule has 0 aliphatic heterocycles. The second-order valence-corrected chi connectivity index (χ2v) is 4.31. The Bertz CT molecular complexity index is 420. The largest absolute Gasteiger partial charge is 4.00 e. The maximum absolute atomic E-state index is 2.89. The topological polar surface area (TPSA) is 0 Å². The van der Waals surface area contributed by atoms with Crippen molar-refractivity contribution in [2.75, 3.05) is 0 Å². The Morgan fingerprint density at radius 3 is 0.440 bits per heavy atom. The van der Waals surface area contributed by atoms with Gasteiger partial charge < -0.3 is 0 Å². The Balaban J connectivity index is 0.000000303. The Hall–Kier alpha value is -2.59. The molecule has 0 unspecified atom stereocenters. The predicted octanol–water partition coefficient (Wildman–Crippen LogP) is 5.94. The smallest absolute Gasteiger partial charge is 0.184 e. The van der Waals surface area contributed by atoms with Crippen LogP contribution in [0.25, 0.3) is 0 Å². The van der Waals surface area contributed by atoms with Crippen LogP contribution in [0, 0.1) is 24.3 Å². The van der Waals surface area contributed by atoms with Gasteiger partial charge >= 0.3 is 17.4 Å². The van der Waals surface area contributed by atoms with Gasteiger partial charge in [0.15, 0.2) is 0 Å². The van der Waals surface area contributed by atoms with Crippen molar-refractivity contribution < 1.29 is 17.4 Å². The van der Waals surface area contributed by atoms with Crippen LogP contribution in [0.1, 0.15) is 0 Å². The van der Waals surface area contributed by atoms with Gasteiger partial charge in [-0.15, -0.1) is 0 Å². The van der Waals surface area contributed by atoms with E-state index in [4.69, 9.17) is 0 Å². The second-order valence-electron chi connectivity index (χ2n) is 4.31. The van der Waals surface area contributed by atoms with Gasteiger partial charge in [-0.25, -0.2) is 0 Å². The zero-order valence-electron chi connectivity index (χ0n) is 14.0. The van der Waals surface area contributed by atoms with E-state index in [-0.39, 0.29) is 17.4 Å². The fourth-order valence-electron chi connectivity index (χ4n) is 1.37. The molecule has 0 radical (unpaired) electrons. The zero-order valence-corrected chi connectivity index (χ0v) is 15.2. The van der Waals surface area contributed by atoms with Crippen molar-refractivity contribution in [1.82, 2.24) is 0 Å². The molecule has 0 fully saturated rings. The molecular formula is C24H20Cr. The standard InChI is InChI=1S/4C6H5.Cr/c4*1-2-4-6-5-3-1;/h4*1-5H;/q4*-1;+4. The Labute approximate surface area is 162 Å². The van der Waals surface area contributed by atoms with Crippen LogP contribution in [0.3, 0.4) is 0 Å². The number of benzene rings is 4.